The van der Waals surface area contributed by atoms with Crippen LogP contribution in [0, 0.1) is 0 Å². The lowest BCUT2D eigenvalue weighted by atomic mass is 9.93. The highest BCUT2D eigenvalue weighted by molar-refractivity contribution is 7.98. The van der Waals surface area contributed by atoms with E-state index in [4.69, 9.17) is 4.74 Å². The minimum atomic E-state index is -0.241. The van der Waals surface area contributed by atoms with Crippen molar-refractivity contribution in [3.05, 3.63) is 48.2 Å². The zero-order valence-corrected chi connectivity index (χ0v) is 15.0. The van der Waals surface area contributed by atoms with Crippen LogP contribution in [0.1, 0.15) is 36.0 Å². The van der Waals surface area contributed by atoms with Gasteiger partial charge in [0.05, 0.1) is 6.10 Å². The Hall–Kier alpha value is -2.05. The van der Waals surface area contributed by atoms with Crippen molar-refractivity contribution in [1.82, 2.24) is 10.3 Å². The van der Waals surface area contributed by atoms with E-state index in [9.17, 15) is 9.90 Å². The zero-order valence-electron chi connectivity index (χ0n) is 14.1. The van der Waals surface area contributed by atoms with Gasteiger partial charge in [-0.1, -0.05) is 0 Å². The molecule has 1 fully saturated rings. The SMILES string of the molecule is CSc1ccc(Oc2ncccc2C(=O)N[C@H]2CC[C@@H](O)CC2)cc1. The summed E-state index contributed by atoms with van der Waals surface area (Å²) < 4.78 is 5.82. The third-order valence-corrected chi connectivity index (χ3v) is 5.07. The van der Waals surface area contributed by atoms with Gasteiger partial charge in [0.15, 0.2) is 0 Å². The summed E-state index contributed by atoms with van der Waals surface area (Å²) in [4.78, 5) is 18.0. The molecule has 1 amide bonds. The summed E-state index contributed by atoms with van der Waals surface area (Å²) in [7, 11) is 0. The van der Waals surface area contributed by atoms with E-state index >= 15 is 0 Å². The minimum absolute atomic E-state index is 0.0878. The molecule has 0 unspecified atom stereocenters. The summed E-state index contributed by atoms with van der Waals surface area (Å²) in [6.07, 6.45) is 6.42. The highest BCUT2D eigenvalue weighted by Gasteiger charge is 2.23. The Morgan fingerprint density at radius 2 is 1.92 bits per heavy atom. The van der Waals surface area contributed by atoms with Gasteiger partial charge in [0, 0.05) is 17.1 Å². The molecule has 25 heavy (non-hydrogen) atoms. The van der Waals surface area contributed by atoms with Crippen molar-refractivity contribution in [2.45, 2.75) is 42.7 Å². The normalized spacial score (nSPS) is 20.1. The van der Waals surface area contributed by atoms with Crippen LogP contribution in [0.2, 0.25) is 0 Å². The van der Waals surface area contributed by atoms with Crippen molar-refractivity contribution in [3.8, 4) is 11.6 Å². The second kappa shape index (κ2) is 8.36. The van der Waals surface area contributed by atoms with Gasteiger partial charge in [0.1, 0.15) is 11.3 Å². The Kier molecular flexibility index (Phi) is 5.94. The molecule has 0 aliphatic heterocycles. The molecular weight excluding hydrogens is 336 g/mol. The molecule has 0 radical (unpaired) electrons. The van der Waals surface area contributed by atoms with Crippen LogP contribution in [0.5, 0.6) is 11.6 Å². The van der Waals surface area contributed by atoms with Crippen molar-refractivity contribution in [2.75, 3.05) is 6.26 Å². The van der Waals surface area contributed by atoms with Gasteiger partial charge in [-0.3, -0.25) is 4.79 Å². The quantitative estimate of drug-likeness (QED) is 0.799. The van der Waals surface area contributed by atoms with E-state index in [0.717, 1.165) is 30.6 Å². The largest absolute Gasteiger partial charge is 0.438 e. The van der Waals surface area contributed by atoms with Gasteiger partial charge in [0.25, 0.3) is 5.91 Å². The number of rotatable bonds is 5. The molecule has 3 rings (SSSR count). The molecule has 1 aliphatic rings. The second-order valence-electron chi connectivity index (χ2n) is 6.11. The molecule has 5 nitrogen and oxygen atoms in total. The lowest BCUT2D eigenvalue weighted by molar-refractivity contribution is 0.0865. The van der Waals surface area contributed by atoms with Crippen LogP contribution < -0.4 is 10.1 Å². The fourth-order valence-electron chi connectivity index (χ4n) is 2.88. The first kappa shape index (κ1) is 17.8. The molecular formula is C19H22N2O3S. The number of aliphatic hydroxyl groups excluding tert-OH is 1. The lowest BCUT2D eigenvalue weighted by Crippen LogP contribution is -2.38. The van der Waals surface area contributed by atoms with Crippen molar-refractivity contribution < 1.29 is 14.6 Å². The maximum atomic E-state index is 12.6. The van der Waals surface area contributed by atoms with Crippen molar-refractivity contribution in [1.29, 1.82) is 0 Å². The number of carbonyl (C=O) groups excluding carboxylic acids is 1. The monoisotopic (exact) mass is 358 g/mol. The number of hydrogen-bond donors (Lipinski definition) is 2. The van der Waals surface area contributed by atoms with Crippen molar-refractivity contribution in [2.24, 2.45) is 0 Å². The summed E-state index contributed by atoms with van der Waals surface area (Å²) in [5.41, 5.74) is 0.419. The number of nitrogens with one attached hydrogen (secondary N) is 1. The second-order valence-corrected chi connectivity index (χ2v) is 6.99. The van der Waals surface area contributed by atoms with Crippen LogP contribution in [0.4, 0.5) is 0 Å². The number of ether oxygens (including phenoxy) is 1. The van der Waals surface area contributed by atoms with Crippen molar-refractivity contribution >= 4 is 17.7 Å². The summed E-state index contributed by atoms with van der Waals surface area (Å²) in [5, 5.41) is 12.6. The van der Waals surface area contributed by atoms with E-state index in [-0.39, 0.29) is 18.1 Å². The Morgan fingerprint density at radius 3 is 2.60 bits per heavy atom. The average molecular weight is 358 g/mol. The number of nitrogens with zero attached hydrogens (tertiary/aromatic N) is 1. The maximum Gasteiger partial charge on any atom is 0.257 e. The molecule has 2 aromatic rings. The molecule has 0 spiro atoms. The standard InChI is InChI=1S/C19H22N2O3S/c1-25-16-10-8-15(9-11-16)24-19-17(3-2-12-20-19)18(23)21-13-4-6-14(22)7-5-13/h2-3,8-14,22H,4-7H2,1H3,(H,21,23)/t13-,14+. The number of pyridine rings is 1. The average Bonchev–Trinajstić information content (AvgIpc) is 2.64. The number of hydrogen-bond acceptors (Lipinski definition) is 5. The Morgan fingerprint density at radius 1 is 1.20 bits per heavy atom. The first-order valence-electron chi connectivity index (χ1n) is 8.41. The van der Waals surface area contributed by atoms with E-state index in [1.165, 1.54) is 0 Å². The van der Waals surface area contributed by atoms with Crippen LogP contribution in [0.3, 0.4) is 0 Å². The molecule has 0 bridgehead atoms. The zero-order chi connectivity index (χ0) is 17.6. The molecule has 1 aromatic carbocycles. The minimum Gasteiger partial charge on any atom is -0.438 e. The number of carbonyl (C=O) groups is 1. The number of aromatic nitrogens is 1. The molecule has 1 heterocycles. The lowest BCUT2D eigenvalue weighted by Gasteiger charge is -2.26. The van der Waals surface area contributed by atoms with Gasteiger partial charge >= 0.3 is 0 Å². The Balaban J connectivity index is 1.70. The van der Waals surface area contributed by atoms with Crippen LogP contribution in [0.15, 0.2) is 47.5 Å². The van der Waals surface area contributed by atoms with Gasteiger partial charge < -0.3 is 15.2 Å². The van der Waals surface area contributed by atoms with Gasteiger partial charge in [-0.25, -0.2) is 4.98 Å². The van der Waals surface area contributed by atoms with Crippen LogP contribution in [-0.2, 0) is 0 Å². The Labute approximate surface area is 151 Å². The number of amides is 1. The third kappa shape index (κ3) is 4.74. The Bertz CT molecular complexity index is 713. The fourth-order valence-corrected chi connectivity index (χ4v) is 3.29. The number of thioether (sulfide) groups is 1. The van der Waals surface area contributed by atoms with Crippen LogP contribution in [-0.4, -0.2) is 34.4 Å². The molecule has 2 N–H and O–H groups in total. The first-order valence-corrected chi connectivity index (χ1v) is 9.64. The molecule has 1 aromatic heterocycles. The summed E-state index contributed by atoms with van der Waals surface area (Å²) in [6, 6.07) is 11.2. The van der Waals surface area contributed by atoms with Gasteiger partial charge in [-0.15, -0.1) is 11.8 Å². The fraction of sp³-hybridized carbons (Fsp3) is 0.368. The summed E-state index contributed by atoms with van der Waals surface area (Å²) in [5.74, 6) is 0.754. The van der Waals surface area contributed by atoms with E-state index in [1.54, 1.807) is 30.1 Å². The molecule has 1 aliphatic carbocycles. The van der Waals surface area contributed by atoms with Gasteiger partial charge in [-0.05, 0) is 68.3 Å². The van der Waals surface area contributed by atoms with Crippen LogP contribution >= 0.6 is 11.8 Å². The van der Waals surface area contributed by atoms with Gasteiger partial charge in [0.2, 0.25) is 5.88 Å². The molecule has 6 heteroatoms. The number of benzene rings is 1. The number of aliphatic hydroxyl groups is 1. The molecule has 0 saturated heterocycles. The van der Waals surface area contributed by atoms with Crippen molar-refractivity contribution in [3.63, 3.8) is 0 Å². The highest BCUT2D eigenvalue weighted by atomic mass is 32.2. The molecule has 1 saturated carbocycles. The smallest absolute Gasteiger partial charge is 0.257 e. The van der Waals surface area contributed by atoms with E-state index in [0.29, 0.717) is 17.2 Å². The highest BCUT2D eigenvalue weighted by Crippen LogP contribution is 2.26. The third-order valence-electron chi connectivity index (χ3n) is 4.32. The molecule has 132 valence electrons. The van der Waals surface area contributed by atoms with Gasteiger partial charge in [-0.2, -0.15) is 0 Å². The summed E-state index contributed by atoms with van der Waals surface area (Å²) >= 11 is 1.66. The topological polar surface area (TPSA) is 71.5 Å². The van der Waals surface area contributed by atoms with E-state index in [2.05, 4.69) is 10.3 Å². The van der Waals surface area contributed by atoms with Crippen LogP contribution in [0.25, 0.3) is 0 Å². The first-order chi connectivity index (χ1) is 12.2. The predicted molar refractivity (Wildman–Crippen MR) is 98.3 cm³/mol. The molecule has 0 atom stereocenters. The van der Waals surface area contributed by atoms with E-state index in [1.807, 2.05) is 30.5 Å². The summed E-state index contributed by atoms with van der Waals surface area (Å²) in [6.45, 7) is 0. The maximum absolute atomic E-state index is 12.6. The predicted octanol–water partition coefficient (Wildman–Crippen LogP) is 3.63. The van der Waals surface area contributed by atoms with E-state index < -0.39 is 0 Å².